The van der Waals surface area contributed by atoms with E-state index in [2.05, 4.69) is 41.5 Å². The van der Waals surface area contributed by atoms with Crippen LogP contribution >= 0.6 is 0 Å². The van der Waals surface area contributed by atoms with Crippen molar-refractivity contribution in [3.63, 3.8) is 0 Å². The number of amides is 2. The van der Waals surface area contributed by atoms with Crippen LogP contribution in [-0.4, -0.2) is 35.6 Å². The molecule has 6 nitrogen and oxygen atoms in total. The van der Waals surface area contributed by atoms with E-state index in [1.165, 1.54) is 5.56 Å². The zero-order valence-electron chi connectivity index (χ0n) is 19.3. The highest BCUT2D eigenvalue weighted by Gasteiger charge is 2.15. The molecule has 6 heteroatoms. The van der Waals surface area contributed by atoms with Gasteiger partial charge in [-0.05, 0) is 62.7 Å². The molecule has 0 heterocycles. The van der Waals surface area contributed by atoms with Crippen LogP contribution in [-0.2, 0) is 24.4 Å². The summed E-state index contributed by atoms with van der Waals surface area (Å²) in [5.41, 5.74) is 3.31. The van der Waals surface area contributed by atoms with Crippen LogP contribution in [0, 0.1) is 0 Å². The molecule has 31 heavy (non-hydrogen) atoms. The normalized spacial score (nSPS) is 11.3. The summed E-state index contributed by atoms with van der Waals surface area (Å²) in [7, 11) is 0. The Morgan fingerprint density at radius 3 is 2.06 bits per heavy atom. The van der Waals surface area contributed by atoms with Crippen molar-refractivity contribution in [2.75, 3.05) is 13.1 Å². The predicted molar refractivity (Wildman–Crippen MR) is 124 cm³/mol. The largest absolute Gasteiger partial charge is 0.444 e. The summed E-state index contributed by atoms with van der Waals surface area (Å²) in [4.78, 5) is 26.7. The summed E-state index contributed by atoms with van der Waals surface area (Å²) in [5.74, 6) is -0.121. The molecule has 0 bridgehead atoms. The summed E-state index contributed by atoms with van der Waals surface area (Å²) in [6, 6.07) is 15.4. The topological polar surface area (TPSA) is 70.7 Å². The van der Waals surface area contributed by atoms with Crippen LogP contribution in [0.5, 0.6) is 0 Å². The minimum Gasteiger partial charge on any atom is -0.444 e. The number of ether oxygens (including phenoxy) is 1. The van der Waals surface area contributed by atoms with E-state index in [0.717, 1.165) is 30.8 Å². The second-order valence-corrected chi connectivity index (χ2v) is 8.47. The van der Waals surface area contributed by atoms with Crippen molar-refractivity contribution in [3.8, 4) is 0 Å². The van der Waals surface area contributed by atoms with Gasteiger partial charge in [-0.15, -0.1) is 0 Å². The van der Waals surface area contributed by atoms with Crippen LogP contribution in [0.3, 0.4) is 0 Å². The van der Waals surface area contributed by atoms with Crippen LogP contribution in [0.2, 0.25) is 0 Å². The molecule has 2 rings (SSSR count). The fourth-order valence-corrected chi connectivity index (χ4v) is 3.11. The zero-order chi connectivity index (χ0) is 22.9. The first-order chi connectivity index (χ1) is 14.7. The first-order valence-corrected chi connectivity index (χ1v) is 10.8. The lowest BCUT2D eigenvalue weighted by atomic mass is 10.1. The number of hydrogen-bond acceptors (Lipinski definition) is 4. The van der Waals surface area contributed by atoms with Crippen molar-refractivity contribution >= 4 is 12.0 Å². The van der Waals surface area contributed by atoms with Gasteiger partial charge in [0.2, 0.25) is 0 Å². The van der Waals surface area contributed by atoms with Crippen molar-refractivity contribution in [3.05, 3.63) is 70.8 Å². The maximum absolute atomic E-state index is 12.6. The van der Waals surface area contributed by atoms with Gasteiger partial charge in [0, 0.05) is 25.2 Å². The fraction of sp³-hybridized carbons (Fsp3) is 0.440. The van der Waals surface area contributed by atoms with Crippen LogP contribution in [0.1, 0.15) is 61.7 Å². The van der Waals surface area contributed by atoms with Gasteiger partial charge in [-0.2, -0.15) is 0 Å². The number of nitrogens with one attached hydrogen (secondary N) is 2. The highest BCUT2D eigenvalue weighted by Crippen LogP contribution is 2.13. The van der Waals surface area contributed by atoms with Gasteiger partial charge in [0.05, 0.1) is 0 Å². The molecule has 0 saturated heterocycles. The first-order valence-electron chi connectivity index (χ1n) is 10.8. The van der Waals surface area contributed by atoms with Gasteiger partial charge in [0.25, 0.3) is 5.91 Å². The molecule has 0 fully saturated rings. The molecule has 0 aliphatic heterocycles. The summed E-state index contributed by atoms with van der Waals surface area (Å²) < 4.78 is 5.23. The molecule has 168 valence electrons. The zero-order valence-corrected chi connectivity index (χ0v) is 19.3. The van der Waals surface area contributed by atoms with Gasteiger partial charge in [0.15, 0.2) is 0 Å². The Bertz CT molecular complexity index is 853. The third kappa shape index (κ3) is 8.42. The van der Waals surface area contributed by atoms with E-state index in [1.807, 2.05) is 45.0 Å². The second kappa shape index (κ2) is 11.5. The fourth-order valence-electron chi connectivity index (χ4n) is 3.11. The lowest BCUT2D eigenvalue weighted by molar-refractivity contribution is 0.0523. The summed E-state index contributed by atoms with van der Waals surface area (Å²) in [5, 5.41) is 5.73. The summed E-state index contributed by atoms with van der Waals surface area (Å²) in [6.07, 6.45) is -0.460. The maximum atomic E-state index is 12.6. The SMILES string of the molecule is CCN(CC)Cc1ccccc1CNC(=O)c1ccc(CNC(=O)OC(C)(C)C)cc1. The van der Waals surface area contributed by atoms with Gasteiger partial charge in [-0.25, -0.2) is 4.79 Å². The number of benzene rings is 2. The Morgan fingerprint density at radius 2 is 1.48 bits per heavy atom. The number of nitrogens with zero attached hydrogens (tertiary/aromatic N) is 1. The van der Waals surface area contributed by atoms with Gasteiger partial charge in [0.1, 0.15) is 5.60 Å². The molecule has 0 aliphatic rings. The molecule has 2 aromatic rings. The van der Waals surface area contributed by atoms with E-state index < -0.39 is 11.7 Å². The number of hydrogen-bond donors (Lipinski definition) is 2. The molecule has 0 radical (unpaired) electrons. The number of carbonyl (C=O) groups is 2. The highest BCUT2D eigenvalue weighted by atomic mass is 16.6. The Labute approximate surface area is 186 Å². The average molecular weight is 426 g/mol. The second-order valence-electron chi connectivity index (χ2n) is 8.47. The van der Waals surface area contributed by atoms with E-state index in [1.54, 1.807) is 12.1 Å². The van der Waals surface area contributed by atoms with E-state index in [-0.39, 0.29) is 5.91 Å². The molecule has 0 aliphatic carbocycles. The highest BCUT2D eigenvalue weighted by molar-refractivity contribution is 5.94. The Morgan fingerprint density at radius 1 is 0.871 bits per heavy atom. The summed E-state index contributed by atoms with van der Waals surface area (Å²) >= 11 is 0. The Kier molecular flexibility index (Phi) is 9.06. The molecule has 2 N–H and O–H groups in total. The number of alkyl carbamates (subject to hydrolysis) is 1. The van der Waals surface area contributed by atoms with Crippen molar-refractivity contribution < 1.29 is 14.3 Å². The number of rotatable bonds is 9. The lowest BCUT2D eigenvalue weighted by Gasteiger charge is -2.20. The maximum Gasteiger partial charge on any atom is 0.407 e. The third-order valence-corrected chi connectivity index (χ3v) is 4.90. The van der Waals surface area contributed by atoms with Crippen molar-refractivity contribution in [1.82, 2.24) is 15.5 Å². The first kappa shape index (κ1) is 24.4. The van der Waals surface area contributed by atoms with E-state index in [4.69, 9.17) is 4.74 Å². The molecule has 0 spiro atoms. The van der Waals surface area contributed by atoms with E-state index in [9.17, 15) is 9.59 Å². The van der Waals surface area contributed by atoms with E-state index in [0.29, 0.717) is 18.7 Å². The van der Waals surface area contributed by atoms with Crippen molar-refractivity contribution in [2.24, 2.45) is 0 Å². The van der Waals surface area contributed by atoms with Crippen LogP contribution in [0.25, 0.3) is 0 Å². The van der Waals surface area contributed by atoms with Crippen molar-refractivity contribution in [2.45, 2.75) is 59.9 Å². The van der Waals surface area contributed by atoms with Gasteiger partial charge >= 0.3 is 6.09 Å². The average Bonchev–Trinajstić information content (AvgIpc) is 2.74. The van der Waals surface area contributed by atoms with Crippen LogP contribution < -0.4 is 10.6 Å². The van der Waals surface area contributed by atoms with Gasteiger partial charge < -0.3 is 15.4 Å². The quantitative estimate of drug-likeness (QED) is 0.621. The standard InChI is InChI=1S/C25H35N3O3/c1-6-28(7-2)18-22-11-9-8-10-21(22)17-26-23(29)20-14-12-19(13-15-20)16-27-24(30)31-25(3,4)5/h8-15H,6-7,16-18H2,1-5H3,(H,26,29)(H,27,30). The molecule has 0 aromatic heterocycles. The Hall–Kier alpha value is -2.86. The molecule has 0 saturated carbocycles. The molecular formula is C25H35N3O3. The summed E-state index contributed by atoms with van der Waals surface area (Å²) in [6.45, 7) is 13.5. The molecule has 0 unspecified atom stereocenters. The predicted octanol–water partition coefficient (Wildman–Crippen LogP) is 4.48. The number of carbonyl (C=O) groups excluding carboxylic acids is 2. The van der Waals surface area contributed by atoms with Gasteiger partial charge in [-0.1, -0.05) is 50.2 Å². The minimum atomic E-state index is -0.532. The van der Waals surface area contributed by atoms with E-state index >= 15 is 0 Å². The smallest absolute Gasteiger partial charge is 0.407 e. The molecular weight excluding hydrogens is 390 g/mol. The van der Waals surface area contributed by atoms with Crippen molar-refractivity contribution in [1.29, 1.82) is 0 Å². The van der Waals surface area contributed by atoms with Gasteiger partial charge in [-0.3, -0.25) is 9.69 Å². The lowest BCUT2D eigenvalue weighted by Crippen LogP contribution is -2.32. The minimum absolute atomic E-state index is 0.121. The van der Waals surface area contributed by atoms with Crippen LogP contribution in [0.4, 0.5) is 4.79 Å². The molecule has 0 atom stereocenters. The van der Waals surface area contributed by atoms with Crippen LogP contribution in [0.15, 0.2) is 48.5 Å². The molecule has 2 aromatic carbocycles. The third-order valence-electron chi connectivity index (χ3n) is 4.90. The Balaban J connectivity index is 1.90. The monoisotopic (exact) mass is 425 g/mol. The molecule has 2 amide bonds.